The second-order valence-electron chi connectivity index (χ2n) is 4.70. The number of aromatic hydroxyl groups is 1. The van der Waals surface area contributed by atoms with Crippen LogP contribution in [0.1, 0.15) is 30.7 Å². The van der Waals surface area contributed by atoms with Crippen LogP contribution in [0.5, 0.6) is 5.75 Å². The fraction of sp³-hybridized carbons (Fsp3) is 0.500. The van der Waals surface area contributed by atoms with Gasteiger partial charge in [-0.25, -0.2) is 0 Å². The molecule has 0 saturated heterocycles. The van der Waals surface area contributed by atoms with Crippen LogP contribution in [0.3, 0.4) is 0 Å². The van der Waals surface area contributed by atoms with Crippen LogP contribution in [-0.2, 0) is 0 Å². The van der Waals surface area contributed by atoms with Gasteiger partial charge in [0.1, 0.15) is 5.75 Å². The van der Waals surface area contributed by atoms with Crippen molar-refractivity contribution < 1.29 is 5.11 Å². The van der Waals surface area contributed by atoms with Gasteiger partial charge in [-0.15, -0.1) is 0 Å². The van der Waals surface area contributed by atoms with E-state index in [9.17, 15) is 5.11 Å². The maximum Gasteiger partial charge on any atom is 0.119 e. The zero-order valence-electron chi connectivity index (χ0n) is 8.11. The standard InChI is InChI=1S/C12H15NO/c13-12(8-5-6-8)7-10(12)9-3-1-2-4-11(9)14/h1-4,8,10,14H,5-7,13H2. The smallest absolute Gasteiger partial charge is 0.119 e. The Morgan fingerprint density at radius 3 is 2.64 bits per heavy atom. The van der Waals surface area contributed by atoms with Gasteiger partial charge in [0.25, 0.3) is 0 Å². The van der Waals surface area contributed by atoms with Crippen LogP contribution in [0.2, 0.25) is 0 Å². The van der Waals surface area contributed by atoms with Gasteiger partial charge in [-0.1, -0.05) is 18.2 Å². The van der Waals surface area contributed by atoms with Crippen LogP contribution in [0.4, 0.5) is 0 Å². The third-order valence-corrected chi connectivity index (χ3v) is 3.70. The summed E-state index contributed by atoms with van der Waals surface area (Å²) in [5, 5.41) is 9.70. The fourth-order valence-electron chi connectivity index (χ4n) is 2.55. The summed E-state index contributed by atoms with van der Waals surface area (Å²) in [5.41, 5.74) is 7.34. The Labute approximate surface area is 83.7 Å². The molecule has 0 amide bonds. The van der Waals surface area contributed by atoms with Crippen LogP contribution in [0.15, 0.2) is 24.3 Å². The number of phenolic OH excluding ortho intramolecular Hbond substituents is 1. The lowest BCUT2D eigenvalue weighted by atomic mass is 10.0. The van der Waals surface area contributed by atoms with E-state index in [0.29, 0.717) is 17.6 Å². The highest BCUT2D eigenvalue weighted by atomic mass is 16.3. The van der Waals surface area contributed by atoms with Crippen LogP contribution in [0, 0.1) is 5.92 Å². The maximum atomic E-state index is 9.70. The topological polar surface area (TPSA) is 46.2 Å². The molecule has 2 nitrogen and oxygen atoms in total. The molecule has 1 aromatic carbocycles. The Bertz CT molecular complexity index is 372. The molecule has 0 aromatic heterocycles. The molecule has 2 aliphatic rings. The van der Waals surface area contributed by atoms with Crippen LogP contribution >= 0.6 is 0 Å². The molecule has 0 aliphatic heterocycles. The Morgan fingerprint density at radius 1 is 1.29 bits per heavy atom. The maximum absolute atomic E-state index is 9.70. The predicted octanol–water partition coefficient (Wildman–Crippen LogP) is 1.99. The molecule has 14 heavy (non-hydrogen) atoms. The van der Waals surface area contributed by atoms with Crippen molar-refractivity contribution >= 4 is 0 Å². The first kappa shape index (κ1) is 8.30. The van der Waals surface area contributed by atoms with E-state index in [1.54, 1.807) is 6.07 Å². The second kappa shape index (κ2) is 2.51. The van der Waals surface area contributed by atoms with E-state index < -0.39 is 0 Å². The molecule has 1 aromatic rings. The van der Waals surface area contributed by atoms with Gasteiger partial charge in [-0.3, -0.25) is 0 Å². The van der Waals surface area contributed by atoms with Crippen molar-refractivity contribution in [3.63, 3.8) is 0 Å². The van der Waals surface area contributed by atoms with Crippen molar-refractivity contribution in [2.24, 2.45) is 11.7 Å². The minimum atomic E-state index is 0.0127. The normalized spacial score (nSPS) is 35.6. The highest BCUT2D eigenvalue weighted by Gasteiger charge is 2.60. The Hall–Kier alpha value is -1.02. The first-order chi connectivity index (χ1) is 6.72. The molecule has 2 aliphatic carbocycles. The second-order valence-corrected chi connectivity index (χ2v) is 4.70. The summed E-state index contributed by atoms with van der Waals surface area (Å²) in [4.78, 5) is 0. The Balaban J connectivity index is 1.88. The molecular weight excluding hydrogens is 174 g/mol. The summed E-state index contributed by atoms with van der Waals surface area (Å²) in [6, 6.07) is 7.58. The molecule has 0 radical (unpaired) electrons. The van der Waals surface area contributed by atoms with Gasteiger partial charge in [-0.05, 0) is 36.8 Å². The summed E-state index contributed by atoms with van der Waals surface area (Å²) in [6.07, 6.45) is 3.61. The molecule has 2 fully saturated rings. The third kappa shape index (κ3) is 1.07. The first-order valence-electron chi connectivity index (χ1n) is 5.28. The molecule has 0 bridgehead atoms. The lowest BCUT2D eigenvalue weighted by molar-refractivity contribution is 0.463. The number of nitrogens with two attached hydrogens (primary N) is 1. The fourth-order valence-corrected chi connectivity index (χ4v) is 2.55. The zero-order valence-corrected chi connectivity index (χ0v) is 8.11. The molecule has 0 heterocycles. The van der Waals surface area contributed by atoms with Crippen molar-refractivity contribution in [3.8, 4) is 5.75 Å². The zero-order chi connectivity index (χ0) is 9.76. The van der Waals surface area contributed by atoms with Crippen molar-refractivity contribution in [2.75, 3.05) is 0 Å². The number of hydrogen-bond donors (Lipinski definition) is 2. The van der Waals surface area contributed by atoms with E-state index >= 15 is 0 Å². The van der Waals surface area contributed by atoms with Crippen LogP contribution in [-0.4, -0.2) is 10.6 Å². The van der Waals surface area contributed by atoms with Crippen molar-refractivity contribution in [1.82, 2.24) is 0 Å². The Morgan fingerprint density at radius 2 is 2.00 bits per heavy atom. The van der Waals surface area contributed by atoms with Gasteiger partial charge >= 0.3 is 0 Å². The molecule has 2 unspecified atom stereocenters. The summed E-state index contributed by atoms with van der Waals surface area (Å²) in [5.74, 6) is 1.52. The quantitative estimate of drug-likeness (QED) is 0.747. The van der Waals surface area contributed by atoms with E-state index in [4.69, 9.17) is 5.73 Å². The van der Waals surface area contributed by atoms with Crippen LogP contribution < -0.4 is 5.73 Å². The molecule has 2 heteroatoms. The number of benzene rings is 1. The molecule has 2 atom stereocenters. The molecule has 3 rings (SSSR count). The predicted molar refractivity (Wildman–Crippen MR) is 55.1 cm³/mol. The summed E-state index contributed by atoms with van der Waals surface area (Å²) < 4.78 is 0. The molecule has 3 N–H and O–H groups in total. The highest BCUT2D eigenvalue weighted by Crippen LogP contribution is 2.62. The highest BCUT2D eigenvalue weighted by molar-refractivity contribution is 5.43. The van der Waals surface area contributed by atoms with Gasteiger partial charge in [0.05, 0.1) is 0 Å². The van der Waals surface area contributed by atoms with Gasteiger partial charge in [-0.2, -0.15) is 0 Å². The lowest BCUT2D eigenvalue weighted by Gasteiger charge is -2.10. The van der Waals surface area contributed by atoms with Crippen molar-refractivity contribution in [2.45, 2.75) is 30.7 Å². The van der Waals surface area contributed by atoms with Crippen molar-refractivity contribution in [3.05, 3.63) is 29.8 Å². The van der Waals surface area contributed by atoms with Gasteiger partial charge in [0, 0.05) is 11.5 Å². The van der Waals surface area contributed by atoms with E-state index in [1.807, 2.05) is 18.2 Å². The van der Waals surface area contributed by atoms with Gasteiger partial charge in [0.15, 0.2) is 0 Å². The SMILES string of the molecule is NC1(C2CC2)CC1c1ccccc1O. The lowest BCUT2D eigenvalue weighted by Crippen LogP contribution is -2.26. The average molecular weight is 189 g/mol. The van der Waals surface area contributed by atoms with Gasteiger partial charge < -0.3 is 10.8 Å². The van der Waals surface area contributed by atoms with E-state index in [0.717, 1.165) is 12.0 Å². The monoisotopic (exact) mass is 189 g/mol. The average Bonchev–Trinajstić information content (AvgIpc) is 2.99. The minimum Gasteiger partial charge on any atom is -0.508 e. The molecule has 2 saturated carbocycles. The van der Waals surface area contributed by atoms with Crippen LogP contribution in [0.25, 0.3) is 0 Å². The largest absolute Gasteiger partial charge is 0.508 e. The minimum absolute atomic E-state index is 0.0127. The summed E-state index contributed by atoms with van der Waals surface area (Å²) in [6.45, 7) is 0. The number of rotatable bonds is 2. The molecular formula is C12H15NO. The Kier molecular flexibility index (Phi) is 1.49. The van der Waals surface area contributed by atoms with Gasteiger partial charge in [0.2, 0.25) is 0 Å². The van der Waals surface area contributed by atoms with Crippen molar-refractivity contribution in [1.29, 1.82) is 0 Å². The number of hydrogen-bond acceptors (Lipinski definition) is 2. The van der Waals surface area contributed by atoms with E-state index in [2.05, 4.69) is 0 Å². The summed E-state index contributed by atoms with van der Waals surface area (Å²) in [7, 11) is 0. The van der Waals surface area contributed by atoms with E-state index in [-0.39, 0.29) is 5.54 Å². The van der Waals surface area contributed by atoms with E-state index in [1.165, 1.54) is 12.8 Å². The third-order valence-electron chi connectivity index (χ3n) is 3.70. The number of phenols is 1. The molecule has 74 valence electrons. The number of para-hydroxylation sites is 1. The first-order valence-corrected chi connectivity index (χ1v) is 5.28. The molecule has 0 spiro atoms. The summed E-state index contributed by atoms with van der Waals surface area (Å²) >= 11 is 0.